The lowest BCUT2D eigenvalue weighted by molar-refractivity contribution is -0.134. The minimum atomic E-state index is -1.34. The van der Waals surface area contributed by atoms with Gasteiger partial charge in [0.25, 0.3) is 5.91 Å². The van der Waals surface area contributed by atoms with E-state index in [-0.39, 0.29) is 18.5 Å². The van der Waals surface area contributed by atoms with Gasteiger partial charge >= 0.3 is 6.03 Å². The van der Waals surface area contributed by atoms with Gasteiger partial charge in [-0.1, -0.05) is 87.4 Å². The molecule has 0 spiro atoms. The zero-order valence-corrected chi connectivity index (χ0v) is 18.4. The van der Waals surface area contributed by atoms with E-state index in [9.17, 15) is 14.4 Å². The molecule has 1 aliphatic heterocycles. The van der Waals surface area contributed by atoms with Gasteiger partial charge in [-0.05, 0) is 30.4 Å². The van der Waals surface area contributed by atoms with Crippen LogP contribution in [0.1, 0.15) is 51.2 Å². The summed E-state index contributed by atoms with van der Waals surface area (Å²) in [6, 6.07) is 17.7. The second kappa shape index (κ2) is 9.77. The number of carbonyl (C=O) groups excluding carboxylic acids is 3. The number of hydrogen-bond acceptors (Lipinski definition) is 3. The zero-order valence-electron chi connectivity index (χ0n) is 18.4. The van der Waals surface area contributed by atoms with Crippen LogP contribution in [0.4, 0.5) is 4.79 Å². The molecule has 3 rings (SSSR count). The number of urea groups is 1. The molecule has 4 amide bonds. The summed E-state index contributed by atoms with van der Waals surface area (Å²) in [5.41, 5.74) is -0.0306. The average Bonchev–Trinajstić information content (AvgIpc) is 3.00. The summed E-state index contributed by atoms with van der Waals surface area (Å²) in [6.07, 6.45) is 2.99. The fraction of sp³-hybridized carbons (Fsp3) is 0.400. The molecule has 2 aromatic carbocycles. The Labute approximate surface area is 184 Å². The zero-order chi connectivity index (χ0) is 22.4. The monoisotopic (exact) mass is 421 g/mol. The average molecular weight is 422 g/mol. The highest BCUT2D eigenvalue weighted by Gasteiger charge is 2.54. The number of rotatable bonds is 9. The Kier molecular flexibility index (Phi) is 7.10. The second-order valence-corrected chi connectivity index (χ2v) is 8.60. The molecule has 1 fully saturated rings. The van der Waals surface area contributed by atoms with Gasteiger partial charge in [-0.25, -0.2) is 4.79 Å². The predicted molar refractivity (Wildman–Crippen MR) is 120 cm³/mol. The molecule has 0 radical (unpaired) electrons. The smallest absolute Gasteiger partial charge is 0.326 e. The number of imide groups is 1. The van der Waals surface area contributed by atoms with E-state index in [0.717, 1.165) is 24.2 Å². The summed E-state index contributed by atoms with van der Waals surface area (Å²) < 4.78 is 0. The van der Waals surface area contributed by atoms with E-state index in [0.29, 0.717) is 17.0 Å². The molecular formula is C25H31N3O3. The fourth-order valence-corrected chi connectivity index (χ4v) is 4.02. The molecule has 1 atom stereocenters. The lowest BCUT2D eigenvalue weighted by Gasteiger charge is -2.28. The summed E-state index contributed by atoms with van der Waals surface area (Å²) >= 11 is 0. The van der Waals surface area contributed by atoms with Crippen molar-refractivity contribution >= 4 is 17.8 Å². The van der Waals surface area contributed by atoms with E-state index in [1.54, 1.807) is 0 Å². The maximum Gasteiger partial charge on any atom is 0.326 e. The van der Waals surface area contributed by atoms with Crippen molar-refractivity contribution in [1.29, 1.82) is 0 Å². The molecule has 0 aromatic heterocycles. The van der Waals surface area contributed by atoms with Crippen molar-refractivity contribution in [3.05, 3.63) is 71.8 Å². The molecule has 2 aromatic rings. The van der Waals surface area contributed by atoms with E-state index in [2.05, 4.69) is 24.5 Å². The third-order valence-corrected chi connectivity index (χ3v) is 5.65. The molecule has 1 saturated heterocycles. The summed E-state index contributed by atoms with van der Waals surface area (Å²) in [7, 11) is 0. The summed E-state index contributed by atoms with van der Waals surface area (Å²) in [5, 5.41) is 5.78. The Morgan fingerprint density at radius 2 is 1.48 bits per heavy atom. The van der Waals surface area contributed by atoms with Crippen molar-refractivity contribution in [3.8, 4) is 0 Å². The van der Waals surface area contributed by atoms with E-state index >= 15 is 0 Å². The second-order valence-electron chi connectivity index (χ2n) is 8.60. The van der Waals surface area contributed by atoms with Crippen molar-refractivity contribution < 1.29 is 14.4 Å². The van der Waals surface area contributed by atoms with Crippen molar-refractivity contribution in [1.82, 2.24) is 15.5 Å². The Hall–Kier alpha value is -3.15. The number of hydrogen-bond donors (Lipinski definition) is 2. The number of carbonyl (C=O) groups is 3. The number of benzene rings is 2. The number of nitrogens with zero attached hydrogens (tertiary/aromatic N) is 1. The standard InChI is InChI=1S/C25H31N3O3/c1-18(2)11-10-12-19(3)26-22(29)17-28-23(30)25(27-24(28)31,20-13-6-4-7-14-20)21-15-8-5-9-16-21/h4-9,13-16,18-19H,10-12,17H2,1-3H3,(H,26,29)(H,27,31)/t19-/m0/s1. The summed E-state index contributed by atoms with van der Waals surface area (Å²) in [4.78, 5) is 40.0. The van der Waals surface area contributed by atoms with Crippen LogP contribution in [0.5, 0.6) is 0 Å². The highest BCUT2D eigenvalue weighted by atomic mass is 16.2. The number of nitrogens with one attached hydrogen (secondary N) is 2. The Balaban J connectivity index is 1.77. The van der Waals surface area contributed by atoms with Gasteiger partial charge in [-0.3, -0.25) is 14.5 Å². The van der Waals surface area contributed by atoms with Gasteiger partial charge in [-0.2, -0.15) is 0 Å². The minimum Gasteiger partial charge on any atom is -0.352 e. The van der Waals surface area contributed by atoms with Crippen molar-refractivity contribution in [2.75, 3.05) is 6.54 Å². The van der Waals surface area contributed by atoms with E-state index in [1.165, 1.54) is 0 Å². The van der Waals surface area contributed by atoms with Crippen molar-refractivity contribution in [3.63, 3.8) is 0 Å². The van der Waals surface area contributed by atoms with Gasteiger partial charge in [0.2, 0.25) is 5.91 Å². The molecule has 0 saturated carbocycles. The van der Waals surface area contributed by atoms with E-state index < -0.39 is 17.5 Å². The van der Waals surface area contributed by atoms with Gasteiger partial charge in [0.15, 0.2) is 5.54 Å². The molecule has 0 aliphatic carbocycles. The lowest BCUT2D eigenvalue weighted by atomic mass is 9.82. The van der Waals surface area contributed by atoms with E-state index in [1.807, 2.05) is 67.6 Å². The first-order valence-electron chi connectivity index (χ1n) is 10.9. The van der Waals surface area contributed by atoms with Crippen LogP contribution in [-0.2, 0) is 15.1 Å². The normalized spacial score (nSPS) is 16.3. The molecule has 31 heavy (non-hydrogen) atoms. The van der Waals surface area contributed by atoms with Crippen LogP contribution in [-0.4, -0.2) is 35.3 Å². The third-order valence-electron chi connectivity index (χ3n) is 5.65. The fourth-order valence-electron chi connectivity index (χ4n) is 4.02. The van der Waals surface area contributed by atoms with Gasteiger partial charge in [0, 0.05) is 6.04 Å². The summed E-state index contributed by atoms with van der Waals surface area (Å²) in [6.45, 7) is 5.99. The molecule has 164 valence electrons. The van der Waals surface area contributed by atoms with Crippen LogP contribution in [0.15, 0.2) is 60.7 Å². The third kappa shape index (κ3) is 4.95. The highest BCUT2D eigenvalue weighted by molar-refractivity contribution is 6.11. The van der Waals surface area contributed by atoms with Gasteiger partial charge in [0.1, 0.15) is 6.54 Å². The van der Waals surface area contributed by atoms with Gasteiger partial charge in [-0.15, -0.1) is 0 Å². The number of amides is 4. The lowest BCUT2D eigenvalue weighted by Crippen LogP contribution is -2.46. The maximum absolute atomic E-state index is 13.6. The minimum absolute atomic E-state index is 0.0139. The van der Waals surface area contributed by atoms with Crippen molar-refractivity contribution in [2.45, 2.75) is 51.6 Å². The van der Waals surface area contributed by atoms with Crippen LogP contribution in [0.25, 0.3) is 0 Å². The largest absolute Gasteiger partial charge is 0.352 e. The molecule has 0 unspecified atom stereocenters. The van der Waals surface area contributed by atoms with Crippen LogP contribution < -0.4 is 10.6 Å². The maximum atomic E-state index is 13.6. The SMILES string of the molecule is CC(C)CCC[C@H](C)NC(=O)CN1C(=O)NC(c2ccccc2)(c2ccccc2)C1=O. The van der Waals surface area contributed by atoms with Gasteiger partial charge in [0.05, 0.1) is 0 Å². The quantitative estimate of drug-likeness (QED) is 0.604. The molecule has 6 nitrogen and oxygen atoms in total. The molecular weight excluding hydrogens is 390 g/mol. The summed E-state index contributed by atoms with van der Waals surface area (Å²) in [5.74, 6) is -0.159. The van der Waals surface area contributed by atoms with Crippen LogP contribution in [0.2, 0.25) is 0 Å². The molecule has 1 aliphatic rings. The molecule has 2 N–H and O–H groups in total. The molecule has 6 heteroatoms. The topological polar surface area (TPSA) is 78.5 Å². The first-order valence-corrected chi connectivity index (χ1v) is 10.9. The predicted octanol–water partition coefficient (Wildman–Crippen LogP) is 3.81. The Morgan fingerprint density at radius 1 is 0.935 bits per heavy atom. The van der Waals surface area contributed by atoms with E-state index in [4.69, 9.17) is 0 Å². The van der Waals surface area contributed by atoms with Crippen molar-refractivity contribution in [2.24, 2.45) is 5.92 Å². The Morgan fingerprint density at radius 3 is 2.00 bits per heavy atom. The first kappa shape index (κ1) is 22.5. The molecule has 1 heterocycles. The van der Waals surface area contributed by atoms with Crippen LogP contribution >= 0.6 is 0 Å². The van der Waals surface area contributed by atoms with Crippen LogP contribution in [0.3, 0.4) is 0 Å². The first-order chi connectivity index (χ1) is 14.8. The van der Waals surface area contributed by atoms with Gasteiger partial charge < -0.3 is 10.6 Å². The molecule has 0 bridgehead atoms. The van der Waals surface area contributed by atoms with Crippen LogP contribution in [0, 0.1) is 5.92 Å². The highest BCUT2D eigenvalue weighted by Crippen LogP contribution is 2.35. The Bertz CT molecular complexity index is 873.